The van der Waals surface area contributed by atoms with E-state index in [9.17, 15) is 19.5 Å². The van der Waals surface area contributed by atoms with Gasteiger partial charge in [0.15, 0.2) is 5.82 Å². The number of carboxylic acid groups (broad SMARTS) is 1. The van der Waals surface area contributed by atoms with Crippen LogP contribution in [0.25, 0.3) is 0 Å². The number of rotatable bonds is 15. The number of nitrogens with one attached hydrogen (secondary N) is 1. The number of hydrogen-bond donors (Lipinski definition) is 2. The molecule has 0 aliphatic carbocycles. The van der Waals surface area contributed by atoms with E-state index in [1.165, 1.54) is 19.5 Å². The van der Waals surface area contributed by atoms with Crippen LogP contribution in [0.2, 0.25) is 0 Å². The van der Waals surface area contributed by atoms with Gasteiger partial charge in [0.05, 0.1) is 6.20 Å². The second-order valence-corrected chi connectivity index (χ2v) is 11.0. The van der Waals surface area contributed by atoms with Crippen molar-refractivity contribution in [1.29, 1.82) is 0 Å². The van der Waals surface area contributed by atoms with E-state index in [1.807, 2.05) is 32.6 Å². The van der Waals surface area contributed by atoms with Crippen molar-refractivity contribution in [3.63, 3.8) is 0 Å². The average molecular weight is 614 g/mol. The van der Waals surface area contributed by atoms with Gasteiger partial charge in [0.1, 0.15) is 17.5 Å². The fourth-order valence-electron chi connectivity index (χ4n) is 4.87. The monoisotopic (exact) mass is 613 g/mol. The van der Waals surface area contributed by atoms with Gasteiger partial charge >= 0.3 is 12.0 Å². The van der Waals surface area contributed by atoms with Gasteiger partial charge in [-0.15, -0.1) is 0 Å². The minimum atomic E-state index is -1.07. The molecule has 1 fully saturated rings. The molecule has 12 heteroatoms. The first-order valence-electron chi connectivity index (χ1n) is 15.7. The Bertz CT molecular complexity index is 1170. The molecule has 2 N–H and O–H groups in total. The van der Waals surface area contributed by atoms with E-state index in [0.29, 0.717) is 50.0 Å². The summed E-state index contributed by atoms with van der Waals surface area (Å²) < 4.78 is 4.82. The molecule has 2 amide bonds. The van der Waals surface area contributed by atoms with Crippen molar-refractivity contribution in [3.8, 4) is 5.75 Å². The highest BCUT2D eigenvalue weighted by molar-refractivity contribution is 5.96. The zero-order chi connectivity index (χ0) is 32.6. The number of hydrogen-bond acceptors (Lipinski definition) is 9. The van der Waals surface area contributed by atoms with Crippen LogP contribution in [0.1, 0.15) is 66.4 Å². The van der Waals surface area contributed by atoms with Gasteiger partial charge < -0.3 is 29.9 Å². The third-order valence-corrected chi connectivity index (χ3v) is 7.46. The van der Waals surface area contributed by atoms with Crippen LogP contribution < -0.4 is 19.9 Å². The quantitative estimate of drug-likeness (QED) is 0.272. The van der Waals surface area contributed by atoms with Gasteiger partial charge in [-0.2, -0.15) is 4.98 Å². The van der Waals surface area contributed by atoms with Crippen LogP contribution in [0.4, 0.5) is 22.2 Å². The highest BCUT2D eigenvalue weighted by atomic mass is 16.5. The number of carboxylic acids is 1. The Hall–Kier alpha value is -3.93. The Morgan fingerprint density at radius 2 is 1.70 bits per heavy atom. The van der Waals surface area contributed by atoms with Crippen LogP contribution in [0.5, 0.6) is 5.75 Å². The highest BCUT2D eigenvalue weighted by Crippen LogP contribution is 2.30. The zero-order valence-electron chi connectivity index (χ0n) is 27.5. The van der Waals surface area contributed by atoms with E-state index in [2.05, 4.69) is 36.1 Å². The Kier molecular flexibility index (Phi) is 15.4. The van der Waals surface area contributed by atoms with E-state index in [0.717, 1.165) is 18.4 Å². The van der Waals surface area contributed by atoms with Crippen LogP contribution in [-0.4, -0.2) is 102 Å². The highest BCUT2D eigenvalue weighted by Gasteiger charge is 2.31. The molecule has 12 nitrogen and oxygen atoms in total. The third kappa shape index (κ3) is 10.7. The van der Waals surface area contributed by atoms with E-state index in [1.54, 1.807) is 40.3 Å². The maximum Gasteiger partial charge on any atom is 0.326 e. The molecule has 0 bridgehead atoms. The van der Waals surface area contributed by atoms with Crippen molar-refractivity contribution in [2.75, 3.05) is 61.4 Å². The molecule has 1 unspecified atom stereocenters. The Labute approximate surface area is 262 Å². The van der Waals surface area contributed by atoms with Gasteiger partial charge in [0.25, 0.3) is 6.47 Å². The first-order chi connectivity index (χ1) is 21.1. The average Bonchev–Trinajstić information content (AvgIpc) is 3.55. The SMILES string of the molecule is CCCN(C)CC.CCN(CC)c1ncc(N(C(=O)N2CCCC2)C(C)C)c(NC(Cc2ccc(OC=O)cc2)C(=O)O)n1. The molecular weight excluding hydrogens is 562 g/mol. The summed E-state index contributed by atoms with van der Waals surface area (Å²) in [6.07, 6.45) is 4.92. The number of likely N-dealkylation sites (tertiary alicyclic amines) is 1. The molecule has 0 saturated carbocycles. The number of carbonyl (C=O) groups excluding carboxylic acids is 2. The molecule has 1 aromatic heterocycles. The summed E-state index contributed by atoms with van der Waals surface area (Å²) in [7, 11) is 2.14. The van der Waals surface area contributed by atoms with Crippen molar-refractivity contribution in [2.24, 2.45) is 0 Å². The molecule has 244 valence electrons. The predicted molar refractivity (Wildman–Crippen MR) is 175 cm³/mol. The number of aromatic nitrogens is 2. The number of ether oxygens (including phenoxy) is 1. The first-order valence-corrected chi connectivity index (χ1v) is 15.7. The Balaban J connectivity index is 0.000000860. The molecule has 1 atom stereocenters. The topological polar surface area (TPSA) is 131 Å². The largest absolute Gasteiger partial charge is 0.480 e. The predicted octanol–water partition coefficient (Wildman–Crippen LogP) is 4.74. The van der Waals surface area contributed by atoms with Gasteiger partial charge in [0, 0.05) is 38.6 Å². The normalized spacial score (nSPS) is 13.2. The number of anilines is 3. The van der Waals surface area contributed by atoms with Crippen molar-refractivity contribution in [2.45, 2.75) is 79.3 Å². The van der Waals surface area contributed by atoms with Crippen molar-refractivity contribution >= 4 is 35.9 Å². The van der Waals surface area contributed by atoms with Crippen molar-refractivity contribution in [1.82, 2.24) is 19.8 Å². The molecule has 2 aromatic rings. The molecule has 1 aliphatic heterocycles. The molecule has 1 aromatic carbocycles. The summed E-state index contributed by atoms with van der Waals surface area (Å²) in [4.78, 5) is 53.2. The molecule has 0 radical (unpaired) electrons. The van der Waals surface area contributed by atoms with E-state index in [-0.39, 0.29) is 24.3 Å². The second-order valence-electron chi connectivity index (χ2n) is 11.0. The van der Waals surface area contributed by atoms with Crippen LogP contribution >= 0.6 is 0 Å². The second kappa shape index (κ2) is 18.7. The summed E-state index contributed by atoms with van der Waals surface area (Å²) in [5.74, 6) is 0.0391. The molecule has 2 heterocycles. The van der Waals surface area contributed by atoms with Gasteiger partial charge in [-0.3, -0.25) is 9.69 Å². The number of amides is 2. The fourth-order valence-corrected chi connectivity index (χ4v) is 4.87. The summed E-state index contributed by atoms with van der Waals surface area (Å²) >= 11 is 0. The standard InChI is InChI=1S/C26H36N6O5.C6H15N/c1-5-30(6-2)25-27-16-22(32(18(3)4)26(36)31-13-7-8-14-31)23(29-25)28-21(24(34)35)15-19-9-11-20(12-10-19)37-17-33;1-4-6-7(3)5-2/h9-12,16-18,21H,5-8,13-15H2,1-4H3,(H,34,35)(H,27,28,29);4-6H2,1-3H3. The number of benzene rings is 1. The van der Waals surface area contributed by atoms with Crippen LogP contribution in [0.15, 0.2) is 30.5 Å². The molecule has 1 aliphatic rings. The van der Waals surface area contributed by atoms with E-state index >= 15 is 0 Å². The Morgan fingerprint density at radius 1 is 1.07 bits per heavy atom. The van der Waals surface area contributed by atoms with Gasteiger partial charge in [-0.25, -0.2) is 14.6 Å². The lowest BCUT2D eigenvalue weighted by molar-refractivity contribution is -0.137. The summed E-state index contributed by atoms with van der Waals surface area (Å²) in [6, 6.07) is 5.23. The summed E-state index contributed by atoms with van der Waals surface area (Å²) in [5.41, 5.74) is 1.16. The van der Waals surface area contributed by atoms with E-state index < -0.39 is 12.0 Å². The zero-order valence-corrected chi connectivity index (χ0v) is 27.5. The molecule has 44 heavy (non-hydrogen) atoms. The summed E-state index contributed by atoms with van der Waals surface area (Å²) in [6.45, 7) is 17.6. The maximum absolute atomic E-state index is 13.5. The smallest absolute Gasteiger partial charge is 0.326 e. The maximum atomic E-state index is 13.5. The van der Waals surface area contributed by atoms with Gasteiger partial charge in [-0.05, 0) is 84.8 Å². The number of carbonyl (C=O) groups is 3. The van der Waals surface area contributed by atoms with Gasteiger partial charge in [-0.1, -0.05) is 26.0 Å². The fraction of sp³-hybridized carbons (Fsp3) is 0.594. The lowest BCUT2D eigenvalue weighted by Crippen LogP contribution is -2.46. The van der Waals surface area contributed by atoms with Crippen molar-refractivity contribution < 1.29 is 24.2 Å². The minimum Gasteiger partial charge on any atom is -0.480 e. The minimum absolute atomic E-state index is 0.141. The van der Waals surface area contributed by atoms with Crippen LogP contribution in [-0.2, 0) is 16.0 Å². The van der Waals surface area contributed by atoms with Crippen LogP contribution in [0, 0.1) is 0 Å². The molecule has 1 saturated heterocycles. The molecular formula is C32H51N7O5. The van der Waals surface area contributed by atoms with E-state index in [4.69, 9.17) is 9.72 Å². The number of urea groups is 1. The summed E-state index contributed by atoms with van der Waals surface area (Å²) in [5, 5.41) is 13.1. The number of aliphatic carboxylic acids is 1. The lowest BCUT2D eigenvalue weighted by Gasteiger charge is -2.33. The van der Waals surface area contributed by atoms with Gasteiger partial charge in [0.2, 0.25) is 5.95 Å². The molecule has 3 rings (SSSR count). The van der Waals surface area contributed by atoms with Crippen LogP contribution in [0.3, 0.4) is 0 Å². The molecule has 0 spiro atoms. The number of nitrogens with zero attached hydrogens (tertiary/aromatic N) is 6. The first kappa shape index (κ1) is 36.3. The Morgan fingerprint density at radius 3 is 2.18 bits per heavy atom. The lowest BCUT2D eigenvalue weighted by atomic mass is 10.1. The third-order valence-electron chi connectivity index (χ3n) is 7.46. The van der Waals surface area contributed by atoms with Crippen molar-refractivity contribution in [3.05, 3.63) is 36.0 Å².